The highest BCUT2D eigenvalue weighted by molar-refractivity contribution is 6.08. The lowest BCUT2D eigenvalue weighted by Gasteiger charge is -2.02. The fourth-order valence-corrected chi connectivity index (χ4v) is 2.25. The molecule has 1 N–H and O–H groups in total. The van der Waals surface area contributed by atoms with Gasteiger partial charge < -0.3 is 4.98 Å². The molecule has 0 radical (unpaired) electrons. The van der Waals surface area contributed by atoms with E-state index in [-0.39, 0.29) is 12.2 Å². The first-order valence-corrected chi connectivity index (χ1v) is 6.28. The highest BCUT2D eigenvalue weighted by Crippen LogP contribution is 2.21. The van der Waals surface area contributed by atoms with Crippen molar-refractivity contribution in [1.82, 2.24) is 4.98 Å². The standard InChI is InChI=1S/C16H10F3NO/c17-10-2-4-15-11(7-10)12(8-20-15)16(21)6-9-1-3-13(18)14(19)5-9/h1-5,7-8,20H,6H2. The van der Waals surface area contributed by atoms with Gasteiger partial charge in [-0.1, -0.05) is 6.07 Å². The number of benzene rings is 2. The van der Waals surface area contributed by atoms with Gasteiger partial charge in [0, 0.05) is 29.1 Å². The molecule has 0 unspecified atom stereocenters. The molecule has 1 heterocycles. The number of carbonyl (C=O) groups is 1. The molecule has 0 aliphatic rings. The third-order valence-electron chi connectivity index (χ3n) is 3.29. The monoisotopic (exact) mass is 289 g/mol. The Bertz CT molecular complexity index is 839. The fraction of sp³-hybridized carbons (Fsp3) is 0.0625. The van der Waals surface area contributed by atoms with Crippen LogP contribution >= 0.6 is 0 Å². The quantitative estimate of drug-likeness (QED) is 0.726. The molecule has 0 amide bonds. The number of nitrogens with one attached hydrogen (secondary N) is 1. The Morgan fingerprint density at radius 2 is 1.81 bits per heavy atom. The summed E-state index contributed by atoms with van der Waals surface area (Å²) < 4.78 is 39.3. The number of ketones is 1. The lowest BCUT2D eigenvalue weighted by atomic mass is 10.0. The minimum absolute atomic E-state index is 0.0827. The number of Topliss-reactive ketones (excluding diaryl/α,β-unsaturated/α-hetero) is 1. The van der Waals surface area contributed by atoms with E-state index >= 15 is 0 Å². The topological polar surface area (TPSA) is 32.9 Å². The second-order valence-electron chi connectivity index (χ2n) is 4.74. The van der Waals surface area contributed by atoms with Crippen LogP contribution in [0.3, 0.4) is 0 Å². The molecule has 1 aromatic heterocycles. The maximum atomic E-state index is 13.3. The molecule has 0 saturated carbocycles. The van der Waals surface area contributed by atoms with Crippen molar-refractivity contribution in [2.24, 2.45) is 0 Å². The molecule has 0 aliphatic carbocycles. The molecule has 106 valence electrons. The second-order valence-corrected chi connectivity index (χ2v) is 4.74. The van der Waals surface area contributed by atoms with Gasteiger partial charge in [0.05, 0.1) is 0 Å². The van der Waals surface area contributed by atoms with Crippen LogP contribution < -0.4 is 0 Å². The van der Waals surface area contributed by atoms with Crippen molar-refractivity contribution in [2.75, 3.05) is 0 Å². The lowest BCUT2D eigenvalue weighted by molar-refractivity contribution is 0.0994. The summed E-state index contributed by atoms with van der Waals surface area (Å²) in [6.45, 7) is 0. The van der Waals surface area contributed by atoms with Gasteiger partial charge in [0.25, 0.3) is 0 Å². The van der Waals surface area contributed by atoms with Gasteiger partial charge in [-0.2, -0.15) is 0 Å². The summed E-state index contributed by atoms with van der Waals surface area (Å²) in [4.78, 5) is 15.1. The number of fused-ring (bicyclic) bond motifs is 1. The molecular weight excluding hydrogens is 279 g/mol. The minimum atomic E-state index is -0.995. The normalized spacial score (nSPS) is 11.0. The molecule has 3 aromatic rings. The van der Waals surface area contributed by atoms with Gasteiger partial charge >= 0.3 is 0 Å². The average molecular weight is 289 g/mol. The Morgan fingerprint density at radius 1 is 1.00 bits per heavy atom. The highest BCUT2D eigenvalue weighted by atomic mass is 19.2. The van der Waals surface area contributed by atoms with E-state index in [4.69, 9.17) is 0 Å². The Kier molecular flexibility index (Phi) is 3.25. The predicted molar refractivity (Wildman–Crippen MR) is 72.6 cm³/mol. The van der Waals surface area contributed by atoms with E-state index in [1.54, 1.807) is 6.07 Å². The minimum Gasteiger partial charge on any atom is -0.360 e. The van der Waals surface area contributed by atoms with Crippen molar-refractivity contribution in [1.29, 1.82) is 0 Å². The van der Waals surface area contributed by atoms with Gasteiger partial charge in [0.1, 0.15) is 5.82 Å². The average Bonchev–Trinajstić information content (AvgIpc) is 2.86. The van der Waals surface area contributed by atoms with E-state index in [1.165, 1.54) is 24.4 Å². The molecule has 2 nitrogen and oxygen atoms in total. The molecule has 0 saturated heterocycles. The van der Waals surface area contributed by atoms with Crippen molar-refractivity contribution >= 4 is 16.7 Å². The highest BCUT2D eigenvalue weighted by Gasteiger charge is 2.14. The predicted octanol–water partition coefficient (Wildman–Crippen LogP) is 4.01. The first-order valence-electron chi connectivity index (χ1n) is 6.28. The van der Waals surface area contributed by atoms with Crippen molar-refractivity contribution < 1.29 is 18.0 Å². The molecule has 0 spiro atoms. The first-order chi connectivity index (χ1) is 10.0. The number of aromatic amines is 1. The number of hydrogen-bond donors (Lipinski definition) is 1. The summed E-state index contributed by atoms with van der Waals surface area (Å²) in [5, 5.41) is 0.475. The second kappa shape index (κ2) is 5.09. The smallest absolute Gasteiger partial charge is 0.169 e. The Labute approximate surface area is 118 Å². The largest absolute Gasteiger partial charge is 0.360 e. The summed E-state index contributed by atoms with van der Waals surface area (Å²) in [6, 6.07) is 7.42. The maximum absolute atomic E-state index is 13.3. The van der Waals surface area contributed by atoms with Crippen LogP contribution in [0.25, 0.3) is 10.9 Å². The van der Waals surface area contributed by atoms with E-state index in [2.05, 4.69) is 4.98 Å². The molecule has 2 aromatic carbocycles. The van der Waals surface area contributed by atoms with Crippen LogP contribution in [0.5, 0.6) is 0 Å². The van der Waals surface area contributed by atoms with Crippen LogP contribution in [0, 0.1) is 17.5 Å². The van der Waals surface area contributed by atoms with E-state index in [0.717, 1.165) is 12.1 Å². The third kappa shape index (κ3) is 2.54. The summed E-state index contributed by atoms with van der Waals surface area (Å²) in [7, 11) is 0. The zero-order valence-electron chi connectivity index (χ0n) is 10.8. The van der Waals surface area contributed by atoms with Crippen molar-refractivity contribution in [2.45, 2.75) is 6.42 Å². The molecular formula is C16H10F3NO. The third-order valence-corrected chi connectivity index (χ3v) is 3.29. The Balaban J connectivity index is 1.93. The number of rotatable bonds is 3. The lowest BCUT2D eigenvalue weighted by Crippen LogP contribution is -2.03. The van der Waals surface area contributed by atoms with E-state index in [9.17, 15) is 18.0 Å². The number of halogens is 3. The maximum Gasteiger partial charge on any atom is 0.169 e. The molecule has 21 heavy (non-hydrogen) atoms. The summed E-state index contributed by atoms with van der Waals surface area (Å²) in [5.74, 6) is -2.69. The first kappa shape index (κ1) is 13.4. The Hall–Kier alpha value is -2.56. The zero-order chi connectivity index (χ0) is 15.0. The molecule has 5 heteroatoms. The van der Waals surface area contributed by atoms with Crippen molar-refractivity contribution in [3.63, 3.8) is 0 Å². The SMILES string of the molecule is O=C(Cc1ccc(F)c(F)c1)c1c[nH]c2ccc(F)cc12. The van der Waals surface area contributed by atoms with Crippen molar-refractivity contribution in [3.05, 3.63) is 71.2 Å². The van der Waals surface area contributed by atoms with Gasteiger partial charge in [-0.05, 0) is 35.9 Å². The van der Waals surface area contributed by atoms with Crippen LogP contribution in [-0.4, -0.2) is 10.8 Å². The molecule has 0 bridgehead atoms. The van der Waals surface area contributed by atoms with E-state index in [1.807, 2.05) is 0 Å². The molecule has 0 aliphatic heterocycles. The molecule has 0 fully saturated rings. The number of H-pyrrole nitrogens is 1. The van der Waals surface area contributed by atoms with Crippen LogP contribution in [0.1, 0.15) is 15.9 Å². The van der Waals surface area contributed by atoms with Gasteiger partial charge in [-0.25, -0.2) is 13.2 Å². The summed E-state index contributed by atoms with van der Waals surface area (Å²) >= 11 is 0. The van der Waals surface area contributed by atoms with Gasteiger partial charge in [0.2, 0.25) is 0 Å². The fourth-order valence-electron chi connectivity index (χ4n) is 2.25. The van der Waals surface area contributed by atoms with Crippen LogP contribution in [0.4, 0.5) is 13.2 Å². The van der Waals surface area contributed by atoms with Crippen LogP contribution in [-0.2, 0) is 6.42 Å². The summed E-state index contributed by atoms with van der Waals surface area (Å²) in [6.07, 6.45) is 1.41. The van der Waals surface area contributed by atoms with Gasteiger partial charge in [-0.3, -0.25) is 4.79 Å². The number of carbonyl (C=O) groups excluding carboxylic acids is 1. The van der Waals surface area contributed by atoms with E-state index < -0.39 is 17.5 Å². The van der Waals surface area contributed by atoms with Crippen molar-refractivity contribution in [3.8, 4) is 0 Å². The number of hydrogen-bond acceptors (Lipinski definition) is 1. The zero-order valence-corrected chi connectivity index (χ0v) is 10.8. The van der Waals surface area contributed by atoms with Gasteiger partial charge in [0.15, 0.2) is 17.4 Å². The summed E-state index contributed by atoms with van der Waals surface area (Å²) in [5.41, 5.74) is 1.34. The van der Waals surface area contributed by atoms with E-state index in [0.29, 0.717) is 22.0 Å². The van der Waals surface area contributed by atoms with Crippen LogP contribution in [0.15, 0.2) is 42.6 Å². The molecule has 0 atom stereocenters. The van der Waals surface area contributed by atoms with Gasteiger partial charge in [-0.15, -0.1) is 0 Å². The van der Waals surface area contributed by atoms with Crippen LogP contribution in [0.2, 0.25) is 0 Å². The number of aromatic nitrogens is 1. The molecule has 3 rings (SSSR count). The Morgan fingerprint density at radius 3 is 2.57 bits per heavy atom.